The number of aryl methyl sites for hydroxylation is 2. The Hall–Kier alpha value is -1.81. The molecule has 1 rings (SSSR count). The number of carboxylic acids is 1. The fourth-order valence-corrected chi connectivity index (χ4v) is 1.98. The van der Waals surface area contributed by atoms with E-state index in [0.717, 1.165) is 34.9 Å². The molecule has 0 fully saturated rings. The fraction of sp³-hybridized carbons (Fsp3) is 0.438. The maximum absolute atomic E-state index is 10.5. The van der Waals surface area contributed by atoms with Gasteiger partial charge >= 0.3 is 5.97 Å². The molecule has 0 saturated heterocycles. The van der Waals surface area contributed by atoms with Gasteiger partial charge in [0.2, 0.25) is 0 Å². The number of hydrogen-bond acceptors (Lipinski definition) is 3. The summed E-state index contributed by atoms with van der Waals surface area (Å²) in [5, 5.41) is 8.65. The summed E-state index contributed by atoms with van der Waals surface area (Å²) in [7, 11) is 1.67. The Bertz CT molecular complexity index is 468. The van der Waals surface area contributed by atoms with Crippen molar-refractivity contribution in [2.45, 2.75) is 33.3 Å². The van der Waals surface area contributed by atoms with Gasteiger partial charge in [0, 0.05) is 26.2 Å². The molecule has 0 amide bonds. The second-order valence-corrected chi connectivity index (χ2v) is 4.87. The van der Waals surface area contributed by atoms with E-state index in [1.807, 2.05) is 32.9 Å². The summed E-state index contributed by atoms with van der Waals surface area (Å²) in [6.45, 7) is 6.60. The van der Waals surface area contributed by atoms with Crippen LogP contribution in [0.15, 0.2) is 18.2 Å². The third-order valence-corrected chi connectivity index (χ3v) is 2.95. The molecule has 0 saturated carbocycles. The van der Waals surface area contributed by atoms with E-state index in [4.69, 9.17) is 14.6 Å². The van der Waals surface area contributed by atoms with Crippen LogP contribution in [0.3, 0.4) is 0 Å². The lowest BCUT2D eigenvalue weighted by molar-refractivity contribution is -0.131. The van der Waals surface area contributed by atoms with Crippen molar-refractivity contribution in [2.75, 3.05) is 13.7 Å². The highest BCUT2D eigenvalue weighted by atomic mass is 16.5. The lowest BCUT2D eigenvalue weighted by Crippen LogP contribution is -2.15. The number of methoxy groups -OCH3 is 1. The number of hydrogen-bond donors (Lipinski definition) is 1. The average Bonchev–Trinajstić information content (AvgIpc) is 2.38. The number of ether oxygens (including phenoxy) is 2. The van der Waals surface area contributed by atoms with E-state index < -0.39 is 5.97 Å². The SMILES string of the molecule is COCCC(C)Oc1c(C)cc(/C=C/C(=O)O)cc1C. The Kier molecular flexibility index (Phi) is 6.25. The molecule has 1 atom stereocenters. The van der Waals surface area contributed by atoms with Gasteiger partial charge in [-0.25, -0.2) is 4.79 Å². The van der Waals surface area contributed by atoms with Crippen molar-refractivity contribution in [2.24, 2.45) is 0 Å². The first kappa shape index (κ1) is 16.2. The summed E-state index contributed by atoms with van der Waals surface area (Å²) in [5.41, 5.74) is 2.86. The Balaban J connectivity index is 2.86. The van der Waals surface area contributed by atoms with Crippen molar-refractivity contribution in [3.8, 4) is 5.75 Å². The third kappa shape index (κ3) is 5.05. The van der Waals surface area contributed by atoms with Crippen molar-refractivity contribution in [3.05, 3.63) is 34.9 Å². The van der Waals surface area contributed by atoms with Crippen molar-refractivity contribution in [1.82, 2.24) is 0 Å². The third-order valence-electron chi connectivity index (χ3n) is 2.95. The Labute approximate surface area is 120 Å². The molecular weight excluding hydrogens is 256 g/mol. The molecule has 1 aromatic carbocycles. The van der Waals surface area contributed by atoms with E-state index in [2.05, 4.69) is 0 Å². The van der Waals surface area contributed by atoms with Gasteiger partial charge in [0.25, 0.3) is 0 Å². The number of rotatable bonds is 7. The van der Waals surface area contributed by atoms with Crippen molar-refractivity contribution < 1.29 is 19.4 Å². The van der Waals surface area contributed by atoms with Crippen molar-refractivity contribution in [3.63, 3.8) is 0 Å². The van der Waals surface area contributed by atoms with Crippen LogP contribution in [0.5, 0.6) is 5.75 Å². The Morgan fingerprint density at radius 1 is 1.35 bits per heavy atom. The molecular formula is C16H22O4. The van der Waals surface area contributed by atoms with Gasteiger partial charge < -0.3 is 14.6 Å². The highest BCUT2D eigenvalue weighted by molar-refractivity contribution is 5.85. The highest BCUT2D eigenvalue weighted by Crippen LogP contribution is 2.26. The molecule has 4 heteroatoms. The van der Waals surface area contributed by atoms with Gasteiger partial charge in [0.1, 0.15) is 5.75 Å². The van der Waals surface area contributed by atoms with Gasteiger partial charge in [-0.05, 0) is 55.7 Å². The number of benzene rings is 1. The predicted molar refractivity (Wildman–Crippen MR) is 79.2 cm³/mol. The summed E-state index contributed by atoms with van der Waals surface area (Å²) in [5.74, 6) is -0.0881. The van der Waals surface area contributed by atoms with E-state index >= 15 is 0 Å². The van der Waals surface area contributed by atoms with Crippen LogP contribution in [0.2, 0.25) is 0 Å². The summed E-state index contributed by atoms with van der Waals surface area (Å²) in [4.78, 5) is 10.5. The summed E-state index contributed by atoms with van der Waals surface area (Å²) >= 11 is 0. The minimum absolute atomic E-state index is 0.0766. The summed E-state index contributed by atoms with van der Waals surface area (Å²) in [6.07, 6.45) is 3.62. The average molecular weight is 278 g/mol. The monoisotopic (exact) mass is 278 g/mol. The van der Waals surface area contributed by atoms with Crippen LogP contribution in [-0.4, -0.2) is 30.9 Å². The molecule has 0 aromatic heterocycles. The molecule has 110 valence electrons. The first-order valence-corrected chi connectivity index (χ1v) is 6.62. The van der Waals surface area contributed by atoms with Gasteiger partial charge in [-0.15, -0.1) is 0 Å². The van der Waals surface area contributed by atoms with E-state index in [1.54, 1.807) is 13.2 Å². The molecule has 0 aliphatic heterocycles. The Morgan fingerprint density at radius 3 is 2.45 bits per heavy atom. The molecule has 20 heavy (non-hydrogen) atoms. The molecule has 4 nitrogen and oxygen atoms in total. The minimum atomic E-state index is -0.950. The maximum Gasteiger partial charge on any atom is 0.328 e. The lowest BCUT2D eigenvalue weighted by atomic mass is 10.0. The normalized spacial score (nSPS) is 12.6. The fourth-order valence-electron chi connectivity index (χ4n) is 1.98. The standard InChI is InChI=1S/C16H22O4/c1-11-9-14(5-6-15(17)18)10-12(2)16(11)20-13(3)7-8-19-4/h5-6,9-10,13H,7-8H2,1-4H3,(H,17,18)/b6-5+. The largest absolute Gasteiger partial charge is 0.490 e. The van der Waals surface area contributed by atoms with Gasteiger partial charge in [-0.3, -0.25) is 0 Å². The second-order valence-electron chi connectivity index (χ2n) is 4.87. The zero-order chi connectivity index (χ0) is 15.1. The molecule has 1 unspecified atom stereocenters. The first-order valence-electron chi connectivity index (χ1n) is 6.62. The molecule has 0 bridgehead atoms. The Morgan fingerprint density at radius 2 is 1.95 bits per heavy atom. The van der Waals surface area contributed by atoms with E-state index in [1.165, 1.54) is 0 Å². The zero-order valence-corrected chi connectivity index (χ0v) is 12.5. The van der Waals surface area contributed by atoms with E-state index in [0.29, 0.717) is 6.61 Å². The number of carbonyl (C=O) groups is 1. The molecule has 0 radical (unpaired) electrons. The lowest BCUT2D eigenvalue weighted by Gasteiger charge is -2.18. The smallest absolute Gasteiger partial charge is 0.328 e. The molecule has 0 heterocycles. The summed E-state index contributed by atoms with van der Waals surface area (Å²) < 4.78 is 11.0. The number of carboxylic acid groups (broad SMARTS) is 1. The highest BCUT2D eigenvalue weighted by Gasteiger charge is 2.10. The molecule has 0 spiro atoms. The predicted octanol–water partition coefficient (Wildman–Crippen LogP) is 3.21. The topological polar surface area (TPSA) is 55.8 Å². The van der Waals surface area contributed by atoms with Crippen LogP contribution in [0.25, 0.3) is 6.08 Å². The van der Waals surface area contributed by atoms with Crippen molar-refractivity contribution >= 4 is 12.0 Å². The van der Waals surface area contributed by atoms with Gasteiger partial charge in [0.15, 0.2) is 0 Å². The molecule has 0 aliphatic rings. The molecule has 1 aromatic rings. The van der Waals surface area contributed by atoms with Crippen molar-refractivity contribution in [1.29, 1.82) is 0 Å². The molecule has 1 N–H and O–H groups in total. The quantitative estimate of drug-likeness (QED) is 0.778. The van der Waals surface area contributed by atoms with Crippen LogP contribution in [-0.2, 0) is 9.53 Å². The van der Waals surface area contributed by atoms with Crippen LogP contribution in [0, 0.1) is 13.8 Å². The summed E-state index contributed by atoms with van der Waals surface area (Å²) in [6, 6.07) is 3.84. The minimum Gasteiger partial charge on any atom is -0.490 e. The number of aliphatic carboxylic acids is 1. The van der Waals surface area contributed by atoms with Crippen LogP contribution >= 0.6 is 0 Å². The maximum atomic E-state index is 10.5. The van der Waals surface area contributed by atoms with E-state index in [9.17, 15) is 4.79 Å². The zero-order valence-electron chi connectivity index (χ0n) is 12.5. The second kappa shape index (κ2) is 7.70. The molecule has 0 aliphatic carbocycles. The van der Waals surface area contributed by atoms with Gasteiger partial charge in [-0.2, -0.15) is 0 Å². The van der Waals surface area contributed by atoms with Crippen LogP contribution in [0.1, 0.15) is 30.0 Å². The van der Waals surface area contributed by atoms with E-state index in [-0.39, 0.29) is 6.10 Å². The van der Waals surface area contributed by atoms with Gasteiger partial charge in [0.05, 0.1) is 6.10 Å². The van der Waals surface area contributed by atoms with Crippen LogP contribution < -0.4 is 4.74 Å². The first-order chi connectivity index (χ1) is 9.43. The van der Waals surface area contributed by atoms with Gasteiger partial charge in [-0.1, -0.05) is 0 Å². The van der Waals surface area contributed by atoms with Crippen LogP contribution in [0.4, 0.5) is 0 Å².